The highest BCUT2D eigenvalue weighted by Crippen LogP contribution is 2.29. The van der Waals surface area contributed by atoms with Crippen LogP contribution in [0, 0.1) is 0 Å². The predicted octanol–water partition coefficient (Wildman–Crippen LogP) is 3.99. The molecule has 0 spiro atoms. The van der Waals surface area contributed by atoms with E-state index >= 15 is 0 Å². The molecule has 0 fully saturated rings. The molecule has 132 valence electrons. The number of nitrogens with one attached hydrogen (secondary N) is 1. The van der Waals surface area contributed by atoms with Gasteiger partial charge in [-0.2, -0.15) is 0 Å². The molecule has 0 bridgehead atoms. The minimum atomic E-state index is -0.487. The van der Waals surface area contributed by atoms with Gasteiger partial charge in [0.05, 0.1) is 0 Å². The van der Waals surface area contributed by atoms with Crippen LogP contribution in [0.25, 0.3) is 0 Å². The molecule has 2 rings (SSSR count). The number of unbranched alkanes of at least 4 members (excludes halogenated alkanes) is 1. The number of halogens is 1. The molecule has 1 aliphatic heterocycles. The number of carbonyl (C=O) groups is 2. The molecule has 0 unspecified atom stereocenters. The van der Waals surface area contributed by atoms with Crippen LogP contribution >= 0.6 is 15.9 Å². The molecule has 0 aromatic heterocycles. The van der Waals surface area contributed by atoms with Gasteiger partial charge >= 0.3 is 6.09 Å². The first-order valence-corrected chi connectivity index (χ1v) is 9.06. The molecule has 0 saturated carbocycles. The van der Waals surface area contributed by atoms with E-state index in [1.54, 1.807) is 0 Å². The fourth-order valence-electron chi connectivity index (χ4n) is 2.62. The summed E-state index contributed by atoms with van der Waals surface area (Å²) in [6, 6.07) is 6.08. The van der Waals surface area contributed by atoms with Crippen LogP contribution in [-0.4, -0.2) is 29.0 Å². The van der Waals surface area contributed by atoms with Crippen molar-refractivity contribution in [3.05, 3.63) is 33.8 Å². The summed E-state index contributed by atoms with van der Waals surface area (Å²) >= 11 is 3.54. The van der Waals surface area contributed by atoms with Gasteiger partial charge < -0.3 is 15.0 Å². The molecule has 1 heterocycles. The Morgan fingerprint density at radius 3 is 2.67 bits per heavy atom. The van der Waals surface area contributed by atoms with E-state index in [2.05, 4.69) is 27.3 Å². The zero-order chi connectivity index (χ0) is 17.7. The SMILES string of the molecule is CC(C)(C)OC(=O)NCCCCC(=O)N1Cc2cccc(Br)c2C1. The van der Waals surface area contributed by atoms with E-state index in [4.69, 9.17) is 4.74 Å². The lowest BCUT2D eigenvalue weighted by molar-refractivity contribution is -0.131. The molecule has 2 amide bonds. The highest BCUT2D eigenvalue weighted by atomic mass is 79.9. The number of hydrogen-bond donors (Lipinski definition) is 1. The molecule has 1 aromatic carbocycles. The Morgan fingerprint density at radius 1 is 1.25 bits per heavy atom. The van der Waals surface area contributed by atoms with E-state index in [0.29, 0.717) is 26.1 Å². The van der Waals surface area contributed by atoms with Crippen molar-refractivity contribution in [1.29, 1.82) is 0 Å². The molecule has 24 heavy (non-hydrogen) atoms. The third-order valence-corrected chi connectivity index (χ3v) is 4.51. The number of carbonyl (C=O) groups excluding carboxylic acids is 2. The van der Waals surface area contributed by atoms with Gasteiger partial charge in [0.2, 0.25) is 5.91 Å². The number of alkyl carbamates (subject to hydrolysis) is 1. The lowest BCUT2D eigenvalue weighted by atomic mass is 10.1. The highest BCUT2D eigenvalue weighted by Gasteiger charge is 2.24. The molecule has 0 aliphatic carbocycles. The number of hydrogen-bond acceptors (Lipinski definition) is 3. The lowest BCUT2D eigenvalue weighted by Gasteiger charge is -2.19. The monoisotopic (exact) mass is 396 g/mol. The second-order valence-electron chi connectivity index (χ2n) is 7.01. The van der Waals surface area contributed by atoms with Crippen LogP contribution in [0.5, 0.6) is 0 Å². The van der Waals surface area contributed by atoms with Crippen molar-refractivity contribution < 1.29 is 14.3 Å². The van der Waals surface area contributed by atoms with Gasteiger partial charge in [-0.15, -0.1) is 0 Å². The quantitative estimate of drug-likeness (QED) is 0.765. The number of benzene rings is 1. The Labute approximate surface area is 151 Å². The number of fused-ring (bicyclic) bond motifs is 1. The van der Waals surface area contributed by atoms with Crippen LogP contribution in [-0.2, 0) is 22.6 Å². The Balaban J connectivity index is 1.65. The molecular formula is C18H25BrN2O3. The highest BCUT2D eigenvalue weighted by molar-refractivity contribution is 9.10. The lowest BCUT2D eigenvalue weighted by Crippen LogP contribution is -2.33. The summed E-state index contributed by atoms with van der Waals surface area (Å²) in [7, 11) is 0. The number of rotatable bonds is 5. The van der Waals surface area contributed by atoms with Crippen molar-refractivity contribution in [2.45, 2.75) is 58.7 Å². The Hall–Kier alpha value is -1.56. The van der Waals surface area contributed by atoms with Crippen LogP contribution in [0.15, 0.2) is 22.7 Å². The molecule has 1 aromatic rings. The van der Waals surface area contributed by atoms with E-state index in [-0.39, 0.29) is 5.91 Å². The van der Waals surface area contributed by atoms with Crippen molar-refractivity contribution in [3.8, 4) is 0 Å². The molecule has 1 N–H and O–H groups in total. The van der Waals surface area contributed by atoms with E-state index in [0.717, 1.165) is 17.3 Å². The maximum absolute atomic E-state index is 12.3. The molecule has 1 aliphatic rings. The summed E-state index contributed by atoms with van der Waals surface area (Å²) in [5.41, 5.74) is 1.93. The molecule has 6 heteroatoms. The molecule has 5 nitrogen and oxygen atoms in total. The second kappa shape index (κ2) is 8.01. The van der Waals surface area contributed by atoms with Gasteiger partial charge in [-0.1, -0.05) is 28.1 Å². The average Bonchev–Trinajstić information content (AvgIpc) is 2.90. The van der Waals surface area contributed by atoms with Gasteiger partial charge in [0.1, 0.15) is 5.60 Å². The fourth-order valence-corrected chi connectivity index (χ4v) is 3.15. The van der Waals surface area contributed by atoms with Gasteiger partial charge in [-0.25, -0.2) is 4.79 Å². The third kappa shape index (κ3) is 5.51. The zero-order valence-corrected chi connectivity index (χ0v) is 16.1. The first kappa shape index (κ1) is 18.8. The fraction of sp³-hybridized carbons (Fsp3) is 0.556. The van der Waals surface area contributed by atoms with Gasteiger partial charge in [0.15, 0.2) is 0 Å². The molecule has 0 atom stereocenters. The Bertz CT molecular complexity index is 611. The largest absolute Gasteiger partial charge is 0.444 e. The van der Waals surface area contributed by atoms with E-state index in [1.807, 2.05) is 37.8 Å². The first-order chi connectivity index (χ1) is 11.3. The summed E-state index contributed by atoms with van der Waals surface area (Å²) in [5, 5.41) is 2.71. The number of ether oxygens (including phenoxy) is 1. The van der Waals surface area contributed by atoms with Gasteiger partial charge in [0.25, 0.3) is 0 Å². The minimum Gasteiger partial charge on any atom is -0.444 e. The first-order valence-electron chi connectivity index (χ1n) is 8.27. The summed E-state index contributed by atoms with van der Waals surface area (Å²) in [4.78, 5) is 25.7. The van der Waals surface area contributed by atoms with Gasteiger partial charge in [-0.05, 0) is 50.8 Å². The van der Waals surface area contributed by atoms with Crippen molar-refractivity contribution in [1.82, 2.24) is 10.2 Å². The number of amides is 2. The van der Waals surface area contributed by atoms with Crippen LogP contribution in [0.3, 0.4) is 0 Å². The van der Waals surface area contributed by atoms with Crippen LogP contribution in [0.1, 0.15) is 51.2 Å². The average molecular weight is 397 g/mol. The second-order valence-corrected chi connectivity index (χ2v) is 7.87. The van der Waals surface area contributed by atoms with Crippen molar-refractivity contribution in [2.24, 2.45) is 0 Å². The van der Waals surface area contributed by atoms with Crippen molar-refractivity contribution in [2.75, 3.05) is 6.54 Å². The normalized spacial score (nSPS) is 13.6. The summed E-state index contributed by atoms with van der Waals surface area (Å²) in [6.07, 6.45) is 1.60. The third-order valence-electron chi connectivity index (χ3n) is 3.76. The van der Waals surface area contributed by atoms with E-state index in [9.17, 15) is 9.59 Å². The maximum Gasteiger partial charge on any atom is 0.407 e. The summed E-state index contributed by atoms with van der Waals surface area (Å²) in [5.74, 6) is 0.162. The molecule has 0 saturated heterocycles. The Kier molecular flexibility index (Phi) is 6.27. The maximum atomic E-state index is 12.3. The van der Waals surface area contributed by atoms with Crippen molar-refractivity contribution in [3.63, 3.8) is 0 Å². The van der Waals surface area contributed by atoms with Crippen LogP contribution < -0.4 is 5.32 Å². The van der Waals surface area contributed by atoms with Crippen LogP contribution in [0.4, 0.5) is 4.79 Å². The van der Waals surface area contributed by atoms with Crippen molar-refractivity contribution >= 4 is 27.9 Å². The van der Waals surface area contributed by atoms with Gasteiger partial charge in [-0.3, -0.25) is 4.79 Å². The standard InChI is InChI=1S/C18H25BrN2O3/c1-18(2,3)24-17(23)20-10-5-4-9-16(22)21-11-13-7-6-8-15(19)14(13)12-21/h6-8H,4-5,9-12H2,1-3H3,(H,20,23). The topological polar surface area (TPSA) is 58.6 Å². The molecule has 0 radical (unpaired) electrons. The number of nitrogens with zero attached hydrogens (tertiary/aromatic N) is 1. The van der Waals surface area contributed by atoms with E-state index < -0.39 is 11.7 Å². The van der Waals surface area contributed by atoms with Crippen LogP contribution in [0.2, 0.25) is 0 Å². The Morgan fingerprint density at radius 2 is 2.00 bits per heavy atom. The predicted molar refractivity (Wildman–Crippen MR) is 96.5 cm³/mol. The summed E-state index contributed by atoms with van der Waals surface area (Å²) in [6.45, 7) is 7.37. The smallest absolute Gasteiger partial charge is 0.407 e. The van der Waals surface area contributed by atoms with E-state index in [1.165, 1.54) is 11.1 Å². The van der Waals surface area contributed by atoms with Gasteiger partial charge in [0, 0.05) is 30.5 Å². The summed E-state index contributed by atoms with van der Waals surface area (Å²) < 4.78 is 6.23. The zero-order valence-electron chi connectivity index (χ0n) is 14.5. The minimum absolute atomic E-state index is 0.162. The molecular weight excluding hydrogens is 372 g/mol.